The number of benzene rings is 1. The van der Waals surface area contributed by atoms with Gasteiger partial charge in [-0.3, -0.25) is 14.5 Å². The zero-order valence-electron chi connectivity index (χ0n) is 14.6. The van der Waals surface area contributed by atoms with E-state index in [1.54, 1.807) is 5.41 Å². The molecule has 0 saturated carbocycles. The Hall–Kier alpha value is -2.38. The second-order valence-corrected chi connectivity index (χ2v) is 6.99. The number of rotatable bonds is 5. The van der Waals surface area contributed by atoms with E-state index in [-0.39, 0.29) is 10.2 Å². The Bertz CT molecular complexity index is 800. The topological polar surface area (TPSA) is 60.9 Å². The lowest BCUT2D eigenvalue weighted by Gasteiger charge is -2.26. The predicted molar refractivity (Wildman–Crippen MR) is 111 cm³/mol. The highest BCUT2D eigenvalue weighted by Crippen LogP contribution is 2.32. The molecule has 1 aromatic rings. The minimum Gasteiger partial charge on any atom is -0.480 e. The first-order chi connectivity index (χ1) is 12.4. The van der Waals surface area contributed by atoms with Crippen molar-refractivity contribution >= 4 is 51.4 Å². The standard InChI is InChI=1S/C19H20N2O3S2/c1-3-20-11-10-15(16-8-4-5-9-17(16)20)7-6-12-26-19(25)21(14(2)22)13-18(23)24/h4-12H,3,13H2,1-2H3,(H,23,24). The van der Waals surface area contributed by atoms with Gasteiger partial charge in [-0.05, 0) is 30.0 Å². The molecule has 1 aliphatic heterocycles. The van der Waals surface area contributed by atoms with Crippen LogP contribution in [0.15, 0.2) is 54.1 Å². The van der Waals surface area contributed by atoms with Gasteiger partial charge in [-0.1, -0.05) is 54.3 Å². The lowest BCUT2D eigenvalue weighted by molar-refractivity contribution is -0.140. The first-order valence-corrected chi connectivity index (χ1v) is 9.34. The molecule has 26 heavy (non-hydrogen) atoms. The van der Waals surface area contributed by atoms with Gasteiger partial charge in [-0.15, -0.1) is 0 Å². The molecule has 1 heterocycles. The molecule has 0 saturated heterocycles. The van der Waals surface area contributed by atoms with Gasteiger partial charge in [-0.2, -0.15) is 0 Å². The van der Waals surface area contributed by atoms with Gasteiger partial charge in [0, 0.05) is 30.9 Å². The molecule has 1 aliphatic rings. The van der Waals surface area contributed by atoms with E-state index in [4.69, 9.17) is 17.3 Å². The molecular formula is C19H20N2O3S2. The Morgan fingerprint density at radius 3 is 2.73 bits per heavy atom. The highest BCUT2D eigenvalue weighted by molar-refractivity contribution is 8.24. The number of allylic oxidation sites excluding steroid dienone is 4. The third-order valence-electron chi connectivity index (χ3n) is 3.72. The van der Waals surface area contributed by atoms with E-state index in [9.17, 15) is 9.59 Å². The van der Waals surface area contributed by atoms with E-state index in [2.05, 4.69) is 24.0 Å². The van der Waals surface area contributed by atoms with Crippen molar-refractivity contribution in [2.75, 3.05) is 18.0 Å². The number of carboxylic acids is 1. The SMILES string of the molecule is CCN1C=CC(=CC=CSC(=S)N(CC(=O)O)C(C)=O)c2ccccc21. The third kappa shape index (κ3) is 5.06. The Morgan fingerprint density at radius 1 is 1.35 bits per heavy atom. The molecule has 2 rings (SSSR count). The summed E-state index contributed by atoms with van der Waals surface area (Å²) in [5.41, 5.74) is 3.37. The number of anilines is 1. The van der Waals surface area contributed by atoms with Crippen LogP contribution in [0.1, 0.15) is 19.4 Å². The van der Waals surface area contributed by atoms with E-state index in [0.717, 1.165) is 40.0 Å². The van der Waals surface area contributed by atoms with Crippen LogP contribution in [0.3, 0.4) is 0 Å². The van der Waals surface area contributed by atoms with Gasteiger partial charge in [0.15, 0.2) is 0 Å². The molecule has 0 spiro atoms. The maximum Gasteiger partial charge on any atom is 0.323 e. The summed E-state index contributed by atoms with van der Waals surface area (Å²) in [6.07, 6.45) is 7.90. The van der Waals surface area contributed by atoms with Crippen molar-refractivity contribution in [3.8, 4) is 0 Å². The molecule has 0 bridgehead atoms. The molecule has 1 aromatic carbocycles. The van der Waals surface area contributed by atoms with E-state index in [0.29, 0.717) is 0 Å². The molecule has 5 nitrogen and oxygen atoms in total. The van der Waals surface area contributed by atoms with Crippen molar-refractivity contribution in [2.45, 2.75) is 13.8 Å². The molecule has 7 heteroatoms. The molecule has 1 amide bonds. The number of aliphatic carboxylic acids is 1. The largest absolute Gasteiger partial charge is 0.480 e. The number of carboxylic acid groups (broad SMARTS) is 1. The molecule has 0 aromatic heterocycles. The smallest absolute Gasteiger partial charge is 0.323 e. The minimum absolute atomic E-state index is 0.214. The summed E-state index contributed by atoms with van der Waals surface area (Å²) < 4.78 is 0.214. The van der Waals surface area contributed by atoms with Crippen LogP contribution >= 0.6 is 24.0 Å². The van der Waals surface area contributed by atoms with E-state index in [1.165, 1.54) is 6.92 Å². The maximum absolute atomic E-state index is 11.5. The van der Waals surface area contributed by atoms with Crippen LogP contribution in [0.4, 0.5) is 5.69 Å². The average molecular weight is 389 g/mol. The number of amides is 1. The van der Waals surface area contributed by atoms with E-state index >= 15 is 0 Å². The summed E-state index contributed by atoms with van der Waals surface area (Å²) >= 11 is 6.29. The van der Waals surface area contributed by atoms with Gasteiger partial charge in [0.05, 0.1) is 0 Å². The number of carbonyl (C=O) groups is 2. The number of hydrogen-bond acceptors (Lipinski definition) is 5. The summed E-state index contributed by atoms with van der Waals surface area (Å²) in [6.45, 7) is 3.86. The van der Waals surface area contributed by atoms with Crippen LogP contribution in [-0.2, 0) is 9.59 Å². The fraction of sp³-hybridized carbons (Fsp3) is 0.211. The summed E-state index contributed by atoms with van der Waals surface area (Å²) in [7, 11) is 0. The van der Waals surface area contributed by atoms with E-state index in [1.807, 2.05) is 36.6 Å². The van der Waals surface area contributed by atoms with E-state index < -0.39 is 12.5 Å². The van der Waals surface area contributed by atoms with Crippen molar-refractivity contribution in [3.05, 3.63) is 59.7 Å². The Labute approximate surface area is 162 Å². The van der Waals surface area contributed by atoms with Gasteiger partial charge in [0.1, 0.15) is 10.9 Å². The summed E-state index contributed by atoms with van der Waals surface area (Å²) in [5.74, 6) is -1.49. The fourth-order valence-electron chi connectivity index (χ4n) is 2.47. The van der Waals surface area contributed by atoms with Crippen molar-refractivity contribution in [1.29, 1.82) is 0 Å². The van der Waals surface area contributed by atoms with Crippen LogP contribution in [0, 0.1) is 0 Å². The number of para-hydroxylation sites is 1. The van der Waals surface area contributed by atoms with Gasteiger partial charge in [-0.25, -0.2) is 0 Å². The molecule has 0 radical (unpaired) electrons. The molecule has 0 atom stereocenters. The van der Waals surface area contributed by atoms with Gasteiger partial charge < -0.3 is 10.0 Å². The minimum atomic E-state index is -1.10. The Kier molecular flexibility index (Phi) is 7.17. The summed E-state index contributed by atoms with van der Waals surface area (Å²) in [5, 5.41) is 10.6. The van der Waals surface area contributed by atoms with Crippen LogP contribution in [0.5, 0.6) is 0 Å². The molecule has 0 fully saturated rings. The van der Waals surface area contributed by atoms with Gasteiger partial charge in [0.25, 0.3) is 0 Å². The molecular weight excluding hydrogens is 368 g/mol. The lowest BCUT2D eigenvalue weighted by atomic mass is 10.00. The maximum atomic E-state index is 11.5. The third-order valence-corrected chi connectivity index (χ3v) is 4.94. The summed E-state index contributed by atoms with van der Waals surface area (Å²) in [4.78, 5) is 25.6. The monoisotopic (exact) mass is 388 g/mol. The number of thioether (sulfide) groups is 1. The Balaban J connectivity index is 2.08. The predicted octanol–water partition coefficient (Wildman–Crippen LogP) is 3.89. The second-order valence-electron chi connectivity index (χ2n) is 5.45. The van der Waals surface area contributed by atoms with Gasteiger partial charge >= 0.3 is 5.97 Å². The number of fused-ring (bicyclic) bond motifs is 1. The van der Waals surface area contributed by atoms with Crippen LogP contribution in [0.25, 0.3) is 5.57 Å². The van der Waals surface area contributed by atoms with Crippen LogP contribution in [0.2, 0.25) is 0 Å². The molecule has 0 aliphatic carbocycles. The van der Waals surface area contributed by atoms with Crippen LogP contribution in [-0.4, -0.2) is 39.3 Å². The van der Waals surface area contributed by atoms with Crippen molar-refractivity contribution in [3.63, 3.8) is 0 Å². The molecule has 136 valence electrons. The summed E-state index contributed by atoms with van der Waals surface area (Å²) in [6, 6.07) is 8.18. The number of thiocarbonyl (C=S) groups is 1. The van der Waals surface area contributed by atoms with Crippen molar-refractivity contribution < 1.29 is 14.7 Å². The quantitative estimate of drug-likeness (QED) is 0.772. The highest BCUT2D eigenvalue weighted by Gasteiger charge is 2.17. The Morgan fingerprint density at radius 2 is 2.08 bits per heavy atom. The van der Waals surface area contributed by atoms with Crippen LogP contribution < -0.4 is 4.90 Å². The van der Waals surface area contributed by atoms with Gasteiger partial charge in [0.2, 0.25) is 5.91 Å². The normalized spacial score (nSPS) is 14.5. The second kappa shape index (κ2) is 9.35. The van der Waals surface area contributed by atoms with Crippen molar-refractivity contribution in [1.82, 2.24) is 4.90 Å². The van der Waals surface area contributed by atoms with Crippen molar-refractivity contribution in [2.24, 2.45) is 0 Å². The highest BCUT2D eigenvalue weighted by atomic mass is 32.2. The fourth-order valence-corrected chi connectivity index (χ4v) is 3.43. The first kappa shape index (κ1) is 19.9. The average Bonchev–Trinajstić information content (AvgIpc) is 2.62. The molecule has 0 unspecified atom stereocenters. The lowest BCUT2D eigenvalue weighted by Crippen LogP contribution is -2.36. The zero-order chi connectivity index (χ0) is 19.1. The first-order valence-electron chi connectivity index (χ1n) is 8.05. The number of nitrogens with zero attached hydrogens (tertiary/aromatic N) is 2. The molecule has 1 N–H and O–H groups in total. The number of hydrogen-bond donors (Lipinski definition) is 1. The number of carbonyl (C=O) groups excluding carboxylic acids is 1. The zero-order valence-corrected chi connectivity index (χ0v) is 16.2.